The third-order valence-corrected chi connectivity index (χ3v) is 5.05. The molecule has 0 spiro atoms. The van der Waals surface area contributed by atoms with Gasteiger partial charge in [-0.2, -0.15) is 4.98 Å². The van der Waals surface area contributed by atoms with Gasteiger partial charge in [0, 0.05) is 44.6 Å². The van der Waals surface area contributed by atoms with Gasteiger partial charge in [-0.1, -0.05) is 12.1 Å². The number of ether oxygens (including phenoxy) is 1. The van der Waals surface area contributed by atoms with Gasteiger partial charge in [-0.05, 0) is 48.0 Å². The van der Waals surface area contributed by atoms with Gasteiger partial charge in [0.2, 0.25) is 5.95 Å². The number of benzene rings is 2. The molecular weight excluding hydrogens is 369 g/mol. The molecule has 1 aromatic heterocycles. The van der Waals surface area contributed by atoms with E-state index < -0.39 is 0 Å². The quantitative estimate of drug-likeness (QED) is 0.691. The van der Waals surface area contributed by atoms with Crippen molar-refractivity contribution in [3.05, 3.63) is 72.2 Å². The van der Waals surface area contributed by atoms with Gasteiger partial charge in [0.05, 0.1) is 7.11 Å². The zero-order valence-electron chi connectivity index (χ0n) is 16.4. The molecule has 0 radical (unpaired) electrons. The third kappa shape index (κ3) is 4.74. The van der Waals surface area contributed by atoms with E-state index in [1.807, 2.05) is 42.5 Å². The molecule has 0 bridgehead atoms. The van der Waals surface area contributed by atoms with E-state index in [0.717, 1.165) is 49.0 Å². The summed E-state index contributed by atoms with van der Waals surface area (Å²) in [6.45, 7) is 4.08. The van der Waals surface area contributed by atoms with Crippen LogP contribution in [0.2, 0.25) is 0 Å². The molecule has 1 aliphatic heterocycles. The molecule has 2 aromatic carbocycles. The molecule has 0 unspecified atom stereocenters. The van der Waals surface area contributed by atoms with E-state index >= 15 is 0 Å². The van der Waals surface area contributed by atoms with Crippen LogP contribution in [0.5, 0.6) is 5.75 Å². The smallest absolute Gasteiger partial charge is 0.224 e. The van der Waals surface area contributed by atoms with Crippen LogP contribution in [0.4, 0.5) is 21.8 Å². The third-order valence-electron chi connectivity index (χ3n) is 5.05. The van der Waals surface area contributed by atoms with Crippen LogP contribution in [0.25, 0.3) is 0 Å². The predicted molar refractivity (Wildman–Crippen MR) is 113 cm³/mol. The van der Waals surface area contributed by atoms with Gasteiger partial charge >= 0.3 is 0 Å². The summed E-state index contributed by atoms with van der Waals surface area (Å²) in [6, 6.07) is 16.5. The number of halogens is 1. The number of aromatic nitrogens is 2. The van der Waals surface area contributed by atoms with Crippen molar-refractivity contribution in [1.29, 1.82) is 0 Å². The van der Waals surface area contributed by atoms with Gasteiger partial charge in [-0.15, -0.1) is 0 Å². The van der Waals surface area contributed by atoms with E-state index in [9.17, 15) is 4.39 Å². The minimum absolute atomic E-state index is 0.206. The van der Waals surface area contributed by atoms with Crippen LogP contribution in [0, 0.1) is 5.82 Å². The van der Waals surface area contributed by atoms with Gasteiger partial charge < -0.3 is 19.9 Å². The van der Waals surface area contributed by atoms with E-state index in [-0.39, 0.29) is 5.82 Å². The Balaban J connectivity index is 1.34. The Kier molecular flexibility index (Phi) is 5.74. The molecule has 6 nitrogen and oxygen atoms in total. The van der Waals surface area contributed by atoms with Gasteiger partial charge in [0.25, 0.3) is 0 Å². The van der Waals surface area contributed by atoms with E-state index in [4.69, 9.17) is 4.74 Å². The van der Waals surface area contributed by atoms with Crippen LogP contribution in [0.1, 0.15) is 5.56 Å². The fourth-order valence-corrected chi connectivity index (χ4v) is 3.38. The summed E-state index contributed by atoms with van der Waals surface area (Å²) in [7, 11) is 1.66. The minimum Gasteiger partial charge on any atom is -0.497 e. The Labute approximate surface area is 170 Å². The van der Waals surface area contributed by atoms with Gasteiger partial charge in [0.1, 0.15) is 17.4 Å². The maximum absolute atomic E-state index is 13.1. The highest BCUT2D eigenvalue weighted by Gasteiger charge is 2.18. The molecule has 4 rings (SSSR count). The highest BCUT2D eigenvalue weighted by molar-refractivity contribution is 5.50. The lowest BCUT2D eigenvalue weighted by atomic mass is 10.2. The molecule has 1 saturated heterocycles. The molecule has 150 valence electrons. The Morgan fingerprint density at radius 3 is 2.31 bits per heavy atom. The van der Waals surface area contributed by atoms with Crippen LogP contribution in [-0.4, -0.2) is 43.3 Å². The second-order valence-electron chi connectivity index (χ2n) is 6.89. The number of anilines is 3. The standard InChI is InChI=1S/C22H24FN5O/c1-29-20-8-2-17(3-9-20)16-25-22-24-11-10-21(26-22)28-14-12-27(13-15-28)19-6-4-18(23)5-7-19/h2-11H,12-16H2,1H3,(H,24,25,26). The summed E-state index contributed by atoms with van der Waals surface area (Å²) in [4.78, 5) is 13.5. The summed E-state index contributed by atoms with van der Waals surface area (Å²) < 4.78 is 18.3. The molecule has 1 aliphatic rings. The van der Waals surface area contributed by atoms with Crippen LogP contribution in [0.15, 0.2) is 60.8 Å². The molecule has 0 atom stereocenters. The lowest BCUT2D eigenvalue weighted by Gasteiger charge is -2.36. The van der Waals surface area contributed by atoms with E-state index in [1.54, 1.807) is 13.3 Å². The van der Waals surface area contributed by atoms with Crippen LogP contribution < -0.4 is 19.9 Å². The maximum atomic E-state index is 13.1. The Hall–Kier alpha value is -3.35. The molecule has 7 heteroatoms. The van der Waals surface area contributed by atoms with Crippen molar-refractivity contribution >= 4 is 17.5 Å². The lowest BCUT2D eigenvalue weighted by molar-refractivity contribution is 0.414. The van der Waals surface area contributed by atoms with Crippen molar-refractivity contribution in [3.63, 3.8) is 0 Å². The topological polar surface area (TPSA) is 53.5 Å². The number of methoxy groups -OCH3 is 1. The molecular formula is C22H24FN5O. The number of rotatable bonds is 6. The first-order chi connectivity index (χ1) is 14.2. The Morgan fingerprint density at radius 1 is 0.931 bits per heavy atom. The lowest BCUT2D eigenvalue weighted by Crippen LogP contribution is -2.46. The van der Waals surface area contributed by atoms with Crippen molar-refractivity contribution in [3.8, 4) is 5.75 Å². The van der Waals surface area contributed by atoms with Crippen molar-refractivity contribution in [2.24, 2.45) is 0 Å². The summed E-state index contributed by atoms with van der Waals surface area (Å²) in [6.07, 6.45) is 1.78. The minimum atomic E-state index is -0.206. The summed E-state index contributed by atoms with van der Waals surface area (Å²) >= 11 is 0. The van der Waals surface area contributed by atoms with Crippen molar-refractivity contribution in [2.45, 2.75) is 6.54 Å². The fourth-order valence-electron chi connectivity index (χ4n) is 3.38. The first-order valence-electron chi connectivity index (χ1n) is 9.66. The molecule has 2 heterocycles. The van der Waals surface area contributed by atoms with E-state index in [2.05, 4.69) is 25.1 Å². The van der Waals surface area contributed by atoms with Crippen LogP contribution >= 0.6 is 0 Å². The van der Waals surface area contributed by atoms with Crippen LogP contribution in [0.3, 0.4) is 0 Å². The number of hydrogen-bond donors (Lipinski definition) is 1. The zero-order valence-corrected chi connectivity index (χ0v) is 16.4. The second kappa shape index (κ2) is 8.77. The SMILES string of the molecule is COc1ccc(CNc2nccc(N3CCN(c4ccc(F)cc4)CC3)n2)cc1. The average molecular weight is 393 g/mol. The second-order valence-corrected chi connectivity index (χ2v) is 6.89. The maximum Gasteiger partial charge on any atom is 0.224 e. The first kappa shape index (κ1) is 19.0. The molecule has 29 heavy (non-hydrogen) atoms. The number of nitrogens with one attached hydrogen (secondary N) is 1. The highest BCUT2D eigenvalue weighted by atomic mass is 19.1. The first-order valence-corrected chi connectivity index (χ1v) is 9.66. The van der Waals surface area contributed by atoms with E-state index in [1.165, 1.54) is 12.1 Å². The predicted octanol–water partition coefficient (Wildman–Crippen LogP) is 3.56. The highest BCUT2D eigenvalue weighted by Crippen LogP contribution is 2.20. The van der Waals surface area contributed by atoms with Gasteiger partial charge in [0.15, 0.2) is 0 Å². The normalized spacial score (nSPS) is 14.0. The summed E-state index contributed by atoms with van der Waals surface area (Å²) in [5.74, 6) is 2.16. The Morgan fingerprint density at radius 2 is 1.62 bits per heavy atom. The van der Waals surface area contributed by atoms with Crippen LogP contribution in [-0.2, 0) is 6.54 Å². The molecule has 1 fully saturated rings. The monoisotopic (exact) mass is 393 g/mol. The average Bonchev–Trinajstić information content (AvgIpc) is 2.79. The summed E-state index contributed by atoms with van der Waals surface area (Å²) in [5.41, 5.74) is 2.18. The largest absolute Gasteiger partial charge is 0.497 e. The number of piperazine rings is 1. The molecule has 1 N–H and O–H groups in total. The molecule has 0 amide bonds. The van der Waals surface area contributed by atoms with Crippen molar-refractivity contribution in [1.82, 2.24) is 9.97 Å². The molecule has 3 aromatic rings. The van der Waals surface area contributed by atoms with Crippen molar-refractivity contribution in [2.75, 3.05) is 48.4 Å². The molecule has 0 aliphatic carbocycles. The number of hydrogen-bond acceptors (Lipinski definition) is 6. The van der Waals surface area contributed by atoms with E-state index in [0.29, 0.717) is 12.5 Å². The zero-order chi connectivity index (χ0) is 20.1. The fraction of sp³-hybridized carbons (Fsp3) is 0.273. The van der Waals surface area contributed by atoms with Crippen molar-refractivity contribution < 1.29 is 9.13 Å². The number of nitrogens with zero attached hydrogens (tertiary/aromatic N) is 4. The van der Waals surface area contributed by atoms with Gasteiger partial charge in [-0.25, -0.2) is 9.37 Å². The molecule has 0 saturated carbocycles. The Bertz CT molecular complexity index is 925. The van der Waals surface area contributed by atoms with Gasteiger partial charge in [-0.3, -0.25) is 0 Å². The summed E-state index contributed by atoms with van der Waals surface area (Å²) in [5, 5.41) is 3.28.